The molecule has 1 unspecified atom stereocenters. The summed E-state index contributed by atoms with van der Waals surface area (Å²) in [4.78, 5) is 28.4. The van der Waals surface area contributed by atoms with Gasteiger partial charge in [0.05, 0.1) is 11.9 Å². The van der Waals surface area contributed by atoms with Gasteiger partial charge in [-0.2, -0.15) is 18.3 Å². The number of hydrogen-bond acceptors (Lipinski definition) is 4. The number of aliphatic hydroxyl groups is 1. The van der Waals surface area contributed by atoms with E-state index in [-0.39, 0.29) is 23.7 Å². The van der Waals surface area contributed by atoms with E-state index in [1.807, 2.05) is 13.0 Å². The molecule has 3 N–H and O–H groups in total. The molecule has 1 aliphatic rings. The molecule has 170 valence electrons. The third-order valence-electron chi connectivity index (χ3n) is 5.41. The van der Waals surface area contributed by atoms with E-state index in [0.717, 1.165) is 18.4 Å². The van der Waals surface area contributed by atoms with Crippen LogP contribution in [0.25, 0.3) is 16.8 Å². The molecule has 0 saturated heterocycles. The standard InChI is InChI=1S/C21H20ClF3N4O3/c1-10-8-12(4-5-13(10)22)14-9-29-18(20(32)27-14)16(11-2-3-11)17(28-29)19(31)26-7-6-15(30)21(23,24)25/h4-5,8-9,11,15,30H,2-3,6-7H2,1H3,(H,26,31)(H,27,32). The van der Waals surface area contributed by atoms with Crippen molar-refractivity contribution in [1.82, 2.24) is 19.9 Å². The highest BCUT2D eigenvalue weighted by Gasteiger charge is 2.38. The first-order chi connectivity index (χ1) is 15.1. The van der Waals surface area contributed by atoms with Crippen LogP contribution in [0, 0.1) is 6.92 Å². The minimum absolute atomic E-state index is 0.00364. The van der Waals surface area contributed by atoms with Crippen molar-refractivity contribution in [1.29, 1.82) is 0 Å². The topological polar surface area (TPSA) is 99.5 Å². The molecule has 7 nitrogen and oxygen atoms in total. The van der Waals surface area contributed by atoms with Crippen molar-refractivity contribution in [3.05, 3.63) is 56.6 Å². The average molecular weight is 469 g/mol. The van der Waals surface area contributed by atoms with Crippen LogP contribution in [0.15, 0.2) is 29.2 Å². The van der Waals surface area contributed by atoms with Gasteiger partial charge < -0.3 is 15.4 Å². The minimum Gasteiger partial charge on any atom is -0.384 e. The zero-order valence-electron chi connectivity index (χ0n) is 17.0. The predicted octanol–water partition coefficient (Wildman–Crippen LogP) is 3.57. The summed E-state index contributed by atoms with van der Waals surface area (Å²) in [5, 5.41) is 16.3. The fraction of sp³-hybridized carbons (Fsp3) is 0.381. The second-order valence-corrected chi connectivity index (χ2v) is 8.30. The fourth-order valence-electron chi connectivity index (χ4n) is 3.56. The molecule has 2 aromatic heterocycles. The Labute approximate surface area is 185 Å². The van der Waals surface area contributed by atoms with Gasteiger partial charge in [0.1, 0.15) is 5.52 Å². The van der Waals surface area contributed by atoms with Gasteiger partial charge in [-0.3, -0.25) is 9.59 Å². The summed E-state index contributed by atoms with van der Waals surface area (Å²) >= 11 is 6.07. The molecule has 11 heteroatoms. The van der Waals surface area contributed by atoms with E-state index in [1.165, 1.54) is 4.52 Å². The fourth-order valence-corrected chi connectivity index (χ4v) is 3.68. The van der Waals surface area contributed by atoms with Gasteiger partial charge >= 0.3 is 6.18 Å². The lowest BCUT2D eigenvalue weighted by Crippen LogP contribution is -2.34. The SMILES string of the molecule is Cc1cc(-c2cn3nc(C(=O)NCCC(O)C(F)(F)F)c(C4CC4)c3c(=O)[nH]2)ccc1Cl. The van der Waals surface area contributed by atoms with Gasteiger partial charge in [-0.1, -0.05) is 17.7 Å². The van der Waals surface area contributed by atoms with Gasteiger partial charge in [-0.15, -0.1) is 0 Å². The molecule has 1 aromatic carbocycles. The van der Waals surface area contributed by atoms with E-state index in [2.05, 4.69) is 15.4 Å². The molecule has 1 saturated carbocycles. The highest BCUT2D eigenvalue weighted by molar-refractivity contribution is 6.31. The first-order valence-electron chi connectivity index (χ1n) is 10.0. The van der Waals surface area contributed by atoms with Gasteiger partial charge in [0.15, 0.2) is 11.8 Å². The number of benzene rings is 1. The largest absolute Gasteiger partial charge is 0.414 e. The Morgan fingerprint density at radius 1 is 1.41 bits per heavy atom. The first-order valence-corrected chi connectivity index (χ1v) is 10.4. The monoisotopic (exact) mass is 468 g/mol. The number of fused-ring (bicyclic) bond motifs is 1. The third-order valence-corrected chi connectivity index (χ3v) is 5.84. The molecular formula is C21H20ClF3N4O3. The molecule has 0 spiro atoms. The lowest BCUT2D eigenvalue weighted by atomic mass is 10.1. The van der Waals surface area contributed by atoms with Crippen LogP contribution in [-0.4, -0.2) is 44.4 Å². The number of H-pyrrole nitrogens is 1. The molecule has 1 aliphatic carbocycles. The highest BCUT2D eigenvalue weighted by Crippen LogP contribution is 2.43. The Hall–Kier alpha value is -2.85. The van der Waals surface area contributed by atoms with E-state index in [1.54, 1.807) is 18.3 Å². The number of halogens is 4. The van der Waals surface area contributed by atoms with Crippen LogP contribution >= 0.6 is 11.6 Å². The molecule has 2 heterocycles. The van der Waals surface area contributed by atoms with Crippen molar-refractivity contribution >= 4 is 23.0 Å². The number of carbonyl (C=O) groups is 1. The van der Waals surface area contributed by atoms with E-state index < -0.39 is 30.2 Å². The number of aromatic amines is 1. The highest BCUT2D eigenvalue weighted by atomic mass is 35.5. The smallest absolute Gasteiger partial charge is 0.384 e. The summed E-state index contributed by atoms with van der Waals surface area (Å²) in [7, 11) is 0. The van der Waals surface area contributed by atoms with Gasteiger partial charge in [0, 0.05) is 17.1 Å². The molecule has 0 bridgehead atoms. The van der Waals surface area contributed by atoms with Crippen LogP contribution in [0.2, 0.25) is 5.02 Å². The predicted molar refractivity (Wildman–Crippen MR) is 112 cm³/mol. The quantitative estimate of drug-likeness (QED) is 0.515. The summed E-state index contributed by atoms with van der Waals surface area (Å²) in [5.74, 6) is -0.702. The number of aromatic nitrogens is 3. The van der Waals surface area contributed by atoms with Crippen LogP contribution in [0.4, 0.5) is 13.2 Å². The second kappa shape index (κ2) is 8.25. The van der Waals surface area contributed by atoms with E-state index >= 15 is 0 Å². The zero-order valence-corrected chi connectivity index (χ0v) is 17.7. The molecule has 0 radical (unpaired) electrons. The Balaban J connectivity index is 1.67. The van der Waals surface area contributed by atoms with Crippen LogP contribution in [-0.2, 0) is 0 Å². The minimum atomic E-state index is -4.75. The maximum atomic E-state index is 12.9. The number of amides is 1. The van der Waals surface area contributed by atoms with Crippen LogP contribution in [0.5, 0.6) is 0 Å². The molecule has 1 amide bonds. The lowest BCUT2D eigenvalue weighted by molar-refractivity contribution is -0.204. The summed E-state index contributed by atoms with van der Waals surface area (Å²) in [5.41, 5.74) is 2.32. The second-order valence-electron chi connectivity index (χ2n) is 7.89. The van der Waals surface area contributed by atoms with E-state index in [0.29, 0.717) is 21.8 Å². The van der Waals surface area contributed by atoms with Crippen LogP contribution in [0.1, 0.15) is 46.8 Å². The molecule has 1 fully saturated rings. The summed E-state index contributed by atoms with van der Waals surface area (Å²) in [6, 6.07) is 5.27. The van der Waals surface area contributed by atoms with E-state index in [9.17, 15) is 22.8 Å². The number of hydrogen-bond donors (Lipinski definition) is 3. The van der Waals surface area contributed by atoms with Crippen LogP contribution in [0.3, 0.4) is 0 Å². The van der Waals surface area contributed by atoms with Crippen molar-refractivity contribution in [3.63, 3.8) is 0 Å². The normalized spacial score (nSPS) is 15.2. The van der Waals surface area contributed by atoms with Crippen molar-refractivity contribution < 1.29 is 23.1 Å². The number of nitrogens with one attached hydrogen (secondary N) is 2. The number of alkyl halides is 3. The van der Waals surface area contributed by atoms with Gasteiger partial charge in [-0.05, 0) is 55.4 Å². The molecule has 4 rings (SSSR count). The number of rotatable bonds is 6. The Morgan fingerprint density at radius 2 is 2.12 bits per heavy atom. The first kappa shape index (κ1) is 22.3. The summed E-state index contributed by atoms with van der Waals surface area (Å²) in [6.07, 6.45) is -4.80. The van der Waals surface area contributed by atoms with Gasteiger partial charge in [0.2, 0.25) is 0 Å². The molecular weight excluding hydrogens is 449 g/mol. The Kier molecular flexibility index (Phi) is 5.76. The van der Waals surface area contributed by atoms with Crippen molar-refractivity contribution in [2.45, 2.75) is 44.4 Å². The van der Waals surface area contributed by atoms with Crippen molar-refractivity contribution in [2.24, 2.45) is 0 Å². The van der Waals surface area contributed by atoms with Crippen molar-refractivity contribution in [3.8, 4) is 11.3 Å². The molecule has 0 aliphatic heterocycles. The lowest BCUT2D eigenvalue weighted by Gasteiger charge is -2.14. The van der Waals surface area contributed by atoms with Gasteiger partial charge in [0.25, 0.3) is 11.5 Å². The maximum absolute atomic E-state index is 12.9. The number of aliphatic hydroxyl groups excluding tert-OH is 1. The third kappa shape index (κ3) is 4.37. The molecule has 32 heavy (non-hydrogen) atoms. The average Bonchev–Trinajstić information content (AvgIpc) is 3.48. The van der Waals surface area contributed by atoms with E-state index in [4.69, 9.17) is 16.7 Å². The molecule has 1 atom stereocenters. The number of nitrogens with zero attached hydrogens (tertiary/aromatic N) is 2. The number of aryl methyl sites for hydroxylation is 1. The summed E-state index contributed by atoms with van der Waals surface area (Å²) in [6.45, 7) is 1.45. The Bertz CT molecular complexity index is 1250. The molecule has 3 aromatic rings. The van der Waals surface area contributed by atoms with Gasteiger partial charge in [-0.25, -0.2) is 4.52 Å². The van der Waals surface area contributed by atoms with Crippen molar-refractivity contribution in [2.75, 3.05) is 6.54 Å². The number of carbonyl (C=O) groups excluding carboxylic acids is 1. The maximum Gasteiger partial charge on any atom is 0.414 e. The Morgan fingerprint density at radius 3 is 2.75 bits per heavy atom. The van der Waals surface area contributed by atoms with Crippen LogP contribution < -0.4 is 10.9 Å². The summed E-state index contributed by atoms with van der Waals surface area (Å²) < 4.78 is 38.7. The zero-order chi connectivity index (χ0) is 23.2.